The smallest absolute Gasteiger partial charge is 0.347 e. The first-order chi connectivity index (χ1) is 11.4. The molecule has 0 bridgehead atoms. The Hall–Kier alpha value is -2.10. The first kappa shape index (κ1) is 18.2. The maximum absolute atomic E-state index is 14.5. The SMILES string of the molecule is C#CCOCOc1c(F)c(C)oc(=O)c1-c1c(C)cc(C)cc1Br. The second kappa shape index (κ2) is 7.65. The van der Waals surface area contributed by atoms with E-state index in [-0.39, 0.29) is 30.5 Å². The van der Waals surface area contributed by atoms with Gasteiger partial charge in [-0.2, -0.15) is 4.39 Å². The Morgan fingerprint density at radius 1 is 1.29 bits per heavy atom. The fraction of sp³-hybridized carbons (Fsp3) is 0.278. The zero-order valence-corrected chi connectivity index (χ0v) is 15.1. The van der Waals surface area contributed by atoms with E-state index < -0.39 is 11.4 Å². The molecule has 24 heavy (non-hydrogen) atoms. The minimum absolute atomic E-state index is 0.00628. The molecule has 0 aliphatic rings. The first-order valence-corrected chi connectivity index (χ1v) is 7.90. The fourth-order valence-corrected chi connectivity index (χ4v) is 3.25. The molecule has 0 fully saturated rings. The molecule has 0 saturated carbocycles. The Bertz CT molecular complexity index is 842. The third kappa shape index (κ3) is 3.69. The number of halogens is 2. The highest BCUT2D eigenvalue weighted by molar-refractivity contribution is 9.10. The molecule has 2 rings (SSSR count). The minimum atomic E-state index is -0.749. The van der Waals surface area contributed by atoms with Crippen LogP contribution in [0, 0.1) is 38.9 Å². The Balaban J connectivity index is 2.64. The fourth-order valence-electron chi connectivity index (χ4n) is 2.38. The molecule has 126 valence electrons. The van der Waals surface area contributed by atoms with Crippen LogP contribution < -0.4 is 10.4 Å². The van der Waals surface area contributed by atoms with Gasteiger partial charge in [-0.25, -0.2) is 4.79 Å². The van der Waals surface area contributed by atoms with E-state index in [0.29, 0.717) is 10.0 Å². The Labute approximate surface area is 147 Å². The van der Waals surface area contributed by atoms with Crippen LogP contribution in [0.25, 0.3) is 11.1 Å². The second-order valence-corrected chi connectivity index (χ2v) is 6.07. The molecule has 0 saturated heterocycles. The van der Waals surface area contributed by atoms with Gasteiger partial charge in [0, 0.05) is 10.0 Å². The molecule has 0 amide bonds. The van der Waals surface area contributed by atoms with E-state index in [2.05, 4.69) is 21.9 Å². The normalized spacial score (nSPS) is 10.5. The maximum Gasteiger partial charge on any atom is 0.347 e. The van der Waals surface area contributed by atoms with Crippen LogP contribution in [0.5, 0.6) is 5.75 Å². The van der Waals surface area contributed by atoms with Crippen molar-refractivity contribution in [3.05, 3.63) is 49.7 Å². The van der Waals surface area contributed by atoms with Crippen molar-refractivity contribution in [2.45, 2.75) is 20.8 Å². The summed E-state index contributed by atoms with van der Waals surface area (Å²) in [6.45, 7) is 4.84. The number of hydrogen-bond donors (Lipinski definition) is 0. The van der Waals surface area contributed by atoms with Crippen molar-refractivity contribution in [2.24, 2.45) is 0 Å². The summed E-state index contributed by atoms with van der Waals surface area (Å²) in [5.74, 6) is 1.16. The van der Waals surface area contributed by atoms with Crippen LogP contribution in [-0.4, -0.2) is 13.4 Å². The summed E-state index contributed by atoms with van der Waals surface area (Å²) >= 11 is 3.42. The van der Waals surface area contributed by atoms with Crippen molar-refractivity contribution >= 4 is 15.9 Å². The lowest BCUT2D eigenvalue weighted by Crippen LogP contribution is -2.13. The number of benzene rings is 1. The quantitative estimate of drug-likeness (QED) is 0.434. The van der Waals surface area contributed by atoms with Crippen molar-refractivity contribution in [3.63, 3.8) is 0 Å². The van der Waals surface area contributed by atoms with Gasteiger partial charge >= 0.3 is 5.63 Å². The van der Waals surface area contributed by atoms with E-state index in [9.17, 15) is 9.18 Å². The van der Waals surface area contributed by atoms with Gasteiger partial charge in [-0.05, 0) is 38.0 Å². The summed E-state index contributed by atoms with van der Waals surface area (Å²) in [7, 11) is 0. The summed E-state index contributed by atoms with van der Waals surface area (Å²) in [5.41, 5.74) is 1.62. The predicted molar refractivity (Wildman–Crippen MR) is 92.6 cm³/mol. The van der Waals surface area contributed by atoms with Crippen molar-refractivity contribution < 1.29 is 18.3 Å². The summed E-state index contributed by atoms with van der Waals surface area (Å²) in [6.07, 6.45) is 5.09. The lowest BCUT2D eigenvalue weighted by molar-refractivity contribution is 0.0305. The van der Waals surface area contributed by atoms with Crippen molar-refractivity contribution in [1.29, 1.82) is 0 Å². The predicted octanol–water partition coefficient (Wildman–Crippen LogP) is 4.12. The number of aryl methyl sites for hydroxylation is 3. The molecule has 0 aliphatic carbocycles. The molecule has 1 heterocycles. The number of terminal acetylenes is 1. The number of ether oxygens (including phenoxy) is 2. The summed E-state index contributed by atoms with van der Waals surface area (Å²) in [5, 5.41) is 0. The molecule has 1 aromatic heterocycles. The molecule has 0 spiro atoms. The molecule has 0 unspecified atom stereocenters. The Kier molecular flexibility index (Phi) is 5.81. The number of hydrogen-bond acceptors (Lipinski definition) is 4. The van der Waals surface area contributed by atoms with Gasteiger partial charge < -0.3 is 13.9 Å². The van der Waals surface area contributed by atoms with Gasteiger partial charge in [0.05, 0.1) is 0 Å². The molecule has 0 radical (unpaired) electrons. The maximum atomic E-state index is 14.5. The highest BCUT2D eigenvalue weighted by Gasteiger charge is 2.24. The molecule has 1 aromatic carbocycles. The molecular weight excluding hydrogens is 379 g/mol. The third-order valence-corrected chi connectivity index (χ3v) is 3.96. The van der Waals surface area contributed by atoms with Crippen LogP contribution in [0.3, 0.4) is 0 Å². The van der Waals surface area contributed by atoms with Crippen LogP contribution >= 0.6 is 15.9 Å². The highest BCUT2D eigenvalue weighted by Crippen LogP contribution is 2.38. The van der Waals surface area contributed by atoms with E-state index >= 15 is 0 Å². The van der Waals surface area contributed by atoms with E-state index in [4.69, 9.17) is 20.3 Å². The monoisotopic (exact) mass is 394 g/mol. The van der Waals surface area contributed by atoms with Crippen molar-refractivity contribution in [2.75, 3.05) is 13.4 Å². The zero-order valence-electron chi connectivity index (χ0n) is 13.5. The van der Waals surface area contributed by atoms with Crippen molar-refractivity contribution in [3.8, 4) is 29.2 Å². The molecule has 0 aliphatic heterocycles. The second-order valence-electron chi connectivity index (χ2n) is 5.22. The van der Waals surface area contributed by atoms with Gasteiger partial charge in [0.2, 0.25) is 5.82 Å². The molecule has 6 heteroatoms. The van der Waals surface area contributed by atoms with Gasteiger partial charge in [0.25, 0.3) is 0 Å². The summed E-state index contributed by atoms with van der Waals surface area (Å²) in [4.78, 5) is 12.4. The Morgan fingerprint density at radius 3 is 2.62 bits per heavy atom. The molecule has 4 nitrogen and oxygen atoms in total. The Morgan fingerprint density at radius 2 is 2.00 bits per heavy atom. The van der Waals surface area contributed by atoms with Gasteiger partial charge in [-0.3, -0.25) is 0 Å². The van der Waals surface area contributed by atoms with E-state index in [1.807, 2.05) is 26.0 Å². The van der Waals surface area contributed by atoms with Crippen LogP contribution in [0.1, 0.15) is 16.9 Å². The van der Waals surface area contributed by atoms with Crippen LogP contribution in [0.4, 0.5) is 4.39 Å². The molecule has 0 atom stereocenters. The van der Waals surface area contributed by atoms with Gasteiger partial charge in [0.1, 0.15) is 17.9 Å². The standard InChI is InChI=1S/C18H16BrFO4/c1-5-6-22-9-23-17-15(18(21)24-12(4)16(17)20)14-11(3)7-10(2)8-13(14)19/h1,7-8H,6,9H2,2-4H3. The van der Waals surface area contributed by atoms with E-state index in [1.165, 1.54) is 6.92 Å². The zero-order chi connectivity index (χ0) is 17.9. The lowest BCUT2D eigenvalue weighted by atomic mass is 9.99. The van der Waals surface area contributed by atoms with Crippen LogP contribution in [0.2, 0.25) is 0 Å². The average molecular weight is 395 g/mol. The molecule has 0 N–H and O–H groups in total. The van der Waals surface area contributed by atoms with Crippen LogP contribution in [-0.2, 0) is 4.74 Å². The average Bonchev–Trinajstić information content (AvgIpc) is 2.49. The lowest BCUT2D eigenvalue weighted by Gasteiger charge is -2.15. The highest BCUT2D eigenvalue weighted by atomic mass is 79.9. The summed E-state index contributed by atoms with van der Waals surface area (Å²) < 4.78 is 30.5. The van der Waals surface area contributed by atoms with E-state index in [0.717, 1.165) is 11.1 Å². The topological polar surface area (TPSA) is 48.7 Å². The van der Waals surface area contributed by atoms with Crippen molar-refractivity contribution in [1.82, 2.24) is 0 Å². The van der Waals surface area contributed by atoms with Gasteiger partial charge in [0.15, 0.2) is 12.5 Å². The number of rotatable bonds is 5. The van der Waals surface area contributed by atoms with Crippen LogP contribution in [0.15, 0.2) is 25.8 Å². The molecular formula is C18H16BrFO4. The molecule has 2 aromatic rings. The largest absolute Gasteiger partial charge is 0.463 e. The summed E-state index contributed by atoms with van der Waals surface area (Å²) in [6, 6.07) is 3.72. The first-order valence-electron chi connectivity index (χ1n) is 7.11. The third-order valence-electron chi connectivity index (χ3n) is 3.34. The van der Waals surface area contributed by atoms with E-state index in [1.54, 1.807) is 0 Å². The van der Waals surface area contributed by atoms with Gasteiger partial charge in [-0.1, -0.05) is 27.9 Å². The van der Waals surface area contributed by atoms with Gasteiger partial charge in [-0.15, -0.1) is 6.42 Å². The minimum Gasteiger partial charge on any atom is -0.463 e.